The normalized spacial score (nSPS) is 11.8. The van der Waals surface area contributed by atoms with Gasteiger partial charge in [-0.15, -0.1) is 0 Å². The maximum atomic E-state index is 3.87. The average molecular weight is 386 g/mol. The van der Waals surface area contributed by atoms with E-state index in [0.29, 0.717) is 0 Å². The molecular formula is C28H22N2. The molecule has 2 nitrogen and oxygen atoms in total. The smallest absolute Gasteiger partial charge is 0.0502 e. The van der Waals surface area contributed by atoms with Gasteiger partial charge in [0.05, 0.1) is 5.52 Å². The lowest BCUT2D eigenvalue weighted by molar-refractivity contribution is 0.869. The van der Waals surface area contributed by atoms with Gasteiger partial charge in [-0.05, 0) is 35.4 Å². The second-order valence-electron chi connectivity index (χ2n) is 8.01. The van der Waals surface area contributed by atoms with Gasteiger partial charge in [-0.2, -0.15) is 0 Å². The highest BCUT2D eigenvalue weighted by molar-refractivity contribution is 6.17. The van der Waals surface area contributed by atoms with Crippen LogP contribution >= 0.6 is 0 Å². The van der Waals surface area contributed by atoms with Crippen molar-refractivity contribution < 1.29 is 0 Å². The van der Waals surface area contributed by atoms with Gasteiger partial charge in [0.1, 0.15) is 0 Å². The highest BCUT2D eigenvalue weighted by Gasteiger charge is 2.15. The molecule has 4 aromatic carbocycles. The number of nitrogens with zero attached hydrogens (tertiary/aromatic N) is 2. The Balaban J connectivity index is 1.68. The summed E-state index contributed by atoms with van der Waals surface area (Å²) >= 11 is 0. The van der Waals surface area contributed by atoms with Crippen molar-refractivity contribution in [3.05, 3.63) is 103 Å². The fraction of sp³-hybridized carbons (Fsp3) is 0.0714. The summed E-state index contributed by atoms with van der Waals surface area (Å²) in [6, 6.07) is 30.8. The van der Waals surface area contributed by atoms with Crippen molar-refractivity contribution in [3.63, 3.8) is 0 Å². The highest BCUT2D eigenvalue weighted by Crippen LogP contribution is 2.36. The van der Waals surface area contributed by atoms with Gasteiger partial charge in [-0.3, -0.25) is 0 Å². The van der Waals surface area contributed by atoms with Crippen LogP contribution in [0.4, 0.5) is 0 Å². The molecule has 0 saturated heterocycles. The third-order valence-electron chi connectivity index (χ3n) is 6.36. The Bertz CT molecular complexity index is 1580. The Labute approximate surface area is 175 Å². The molecular weight excluding hydrogens is 364 g/mol. The van der Waals surface area contributed by atoms with Gasteiger partial charge in [0.15, 0.2) is 0 Å². The molecule has 0 spiro atoms. The van der Waals surface area contributed by atoms with E-state index in [9.17, 15) is 0 Å². The zero-order valence-corrected chi connectivity index (χ0v) is 17.0. The molecule has 0 aliphatic carbocycles. The minimum Gasteiger partial charge on any atom is -0.344 e. The van der Waals surface area contributed by atoms with Gasteiger partial charge in [0.2, 0.25) is 0 Å². The van der Waals surface area contributed by atoms with E-state index in [1.54, 1.807) is 0 Å². The van der Waals surface area contributed by atoms with Crippen LogP contribution in [0.1, 0.15) is 11.1 Å². The third-order valence-corrected chi connectivity index (χ3v) is 6.36. The molecule has 2 aromatic heterocycles. The zero-order chi connectivity index (χ0) is 20.2. The molecule has 0 amide bonds. The molecule has 0 bridgehead atoms. The van der Waals surface area contributed by atoms with E-state index >= 15 is 0 Å². The predicted molar refractivity (Wildman–Crippen MR) is 129 cm³/mol. The maximum absolute atomic E-state index is 3.87. The Kier molecular flexibility index (Phi) is 3.63. The molecule has 6 rings (SSSR count). The molecule has 0 unspecified atom stereocenters. The van der Waals surface area contributed by atoms with Crippen LogP contribution in [0.5, 0.6) is 0 Å². The first-order valence-corrected chi connectivity index (χ1v) is 10.3. The average Bonchev–Trinajstić information content (AvgIpc) is 3.26. The fourth-order valence-corrected chi connectivity index (χ4v) is 4.81. The molecule has 0 aliphatic rings. The standard InChI is InChI=1S/C28H22N2/c1-3-19-12-14-20(15-13-19)18-30-26-11-7-5-9-22(26)24-16-27-23(17-28(24)30)21-8-4-6-10-25(21)29(27)2/h3-17H,1,18H2,2H3. The largest absolute Gasteiger partial charge is 0.344 e. The molecule has 2 heteroatoms. The van der Waals surface area contributed by atoms with E-state index in [1.807, 2.05) is 6.08 Å². The van der Waals surface area contributed by atoms with E-state index in [2.05, 4.69) is 108 Å². The first kappa shape index (κ1) is 17.1. The lowest BCUT2D eigenvalue weighted by Crippen LogP contribution is -1.99. The van der Waals surface area contributed by atoms with Crippen LogP contribution in [0.25, 0.3) is 49.7 Å². The van der Waals surface area contributed by atoms with Crippen molar-refractivity contribution in [2.75, 3.05) is 0 Å². The minimum absolute atomic E-state index is 0.845. The number of benzene rings is 4. The minimum atomic E-state index is 0.845. The number of aryl methyl sites for hydroxylation is 1. The molecule has 30 heavy (non-hydrogen) atoms. The number of para-hydroxylation sites is 2. The summed E-state index contributed by atoms with van der Waals surface area (Å²) in [5.74, 6) is 0. The van der Waals surface area contributed by atoms with Crippen LogP contribution in [-0.4, -0.2) is 9.13 Å². The first-order chi connectivity index (χ1) is 14.7. The summed E-state index contributed by atoms with van der Waals surface area (Å²) in [5.41, 5.74) is 7.56. The maximum Gasteiger partial charge on any atom is 0.0502 e. The molecule has 0 fully saturated rings. The second kappa shape index (κ2) is 6.36. The number of fused-ring (bicyclic) bond motifs is 6. The third kappa shape index (κ3) is 2.37. The van der Waals surface area contributed by atoms with E-state index in [-0.39, 0.29) is 0 Å². The van der Waals surface area contributed by atoms with E-state index in [4.69, 9.17) is 0 Å². The van der Waals surface area contributed by atoms with Gasteiger partial charge < -0.3 is 9.13 Å². The number of rotatable bonds is 3. The summed E-state index contributed by atoms with van der Waals surface area (Å²) in [5, 5.41) is 5.24. The molecule has 0 atom stereocenters. The van der Waals surface area contributed by atoms with Crippen molar-refractivity contribution in [2.24, 2.45) is 7.05 Å². The Hall–Kier alpha value is -3.78. The Morgan fingerprint density at radius 1 is 0.667 bits per heavy atom. The summed E-state index contributed by atoms with van der Waals surface area (Å²) < 4.78 is 4.76. The summed E-state index contributed by atoms with van der Waals surface area (Å²) in [6.45, 7) is 4.71. The second-order valence-corrected chi connectivity index (χ2v) is 8.01. The fourth-order valence-electron chi connectivity index (χ4n) is 4.81. The van der Waals surface area contributed by atoms with E-state index in [1.165, 1.54) is 49.2 Å². The number of hydrogen-bond donors (Lipinski definition) is 0. The summed E-state index contributed by atoms with van der Waals surface area (Å²) in [7, 11) is 2.16. The van der Waals surface area contributed by atoms with Crippen molar-refractivity contribution in [1.82, 2.24) is 9.13 Å². The lowest BCUT2D eigenvalue weighted by atomic mass is 10.1. The first-order valence-electron chi connectivity index (χ1n) is 10.3. The van der Waals surface area contributed by atoms with Crippen LogP contribution in [0.3, 0.4) is 0 Å². The van der Waals surface area contributed by atoms with Crippen LogP contribution in [-0.2, 0) is 13.6 Å². The number of hydrogen-bond acceptors (Lipinski definition) is 0. The van der Waals surface area contributed by atoms with Gasteiger partial charge in [0, 0.05) is 51.7 Å². The summed E-state index contributed by atoms with van der Waals surface area (Å²) in [6.07, 6.45) is 1.89. The van der Waals surface area contributed by atoms with Gasteiger partial charge in [-0.1, -0.05) is 73.3 Å². The Morgan fingerprint density at radius 3 is 2.00 bits per heavy atom. The van der Waals surface area contributed by atoms with Crippen molar-refractivity contribution in [1.29, 1.82) is 0 Å². The zero-order valence-electron chi connectivity index (χ0n) is 17.0. The predicted octanol–water partition coefficient (Wildman–Crippen LogP) is 7.13. The van der Waals surface area contributed by atoms with Crippen molar-refractivity contribution in [3.8, 4) is 0 Å². The molecule has 144 valence electrons. The topological polar surface area (TPSA) is 9.86 Å². The Morgan fingerprint density at radius 2 is 1.27 bits per heavy atom. The molecule has 2 heterocycles. The van der Waals surface area contributed by atoms with Gasteiger partial charge in [-0.25, -0.2) is 0 Å². The van der Waals surface area contributed by atoms with E-state index in [0.717, 1.165) is 12.1 Å². The van der Waals surface area contributed by atoms with Gasteiger partial charge in [0.25, 0.3) is 0 Å². The molecule has 0 aliphatic heterocycles. The van der Waals surface area contributed by atoms with Crippen LogP contribution < -0.4 is 0 Å². The molecule has 6 aromatic rings. The highest BCUT2D eigenvalue weighted by atomic mass is 15.0. The molecule has 0 N–H and O–H groups in total. The SMILES string of the molecule is C=Cc1ccc(Cn2c3ccccc3c3cc4c(cc32)c2ccccc2n4C)cc1. The van der Waals surface area contributed by atoms with Crippen molar-refractivity contribution in [2.45, 2.75) is 6.54 Å². The number of aromatic nitrogens is 2. The quantitative estimate of drug-likeness (QED) is 0.306. The molecule has 0 saturated carbocycles. The van der Waals surface area contributed by atoms with E-state index < -0.39 is 0 Å². The van der Waals surface area contributed by atoms with Crippen LogP contribution in [0.15, 0.2) is 91.5 Å². The van der Waals surface area contributed by atoms with Crippen LogP contribution in [0, 0.1) is 0 Å². The lowest BCUT2D eigenvalue weighted by Gasteiger charge is -2.09. The molecule has 0 radical (unpaired) electrons. The van der Waals surface area contributed by atoms with Gasteiger partial charge >= 0.3 is 0 Å². The summed E-state index contributed by atoms with van der Waals surface area (Å²) in [4.78, 5) is 0. The van der Waals surface area contributed by atoms with Crippen molar-refractivity contribution >= 4 is 49.7 Å². The monoisotopic (exact) mass is 386 g/mol. The van der Waals surface area contributed by atoms with Crippen LogP contribution in [0.2, 0.25) is 0 Å².